The number of carbonyl (C=O) groups is 1. The molecule has 0 heterocycles. The van der Waals surface area contributed by atoms with Crippen LogP contribution in [0.25, 0.3) is 0 Å². The zero-order valence-electron chi connectivity index (χ0n) is 14.4. The normalized spacial score (nSPS) is 19.9. The molecular weight excluding hydrogens is 274 g/mol. The van der Waals surface area contributed by atoms with Crippen molar-refractivity contribution in [3.8, 4) is 5.75 Å². The van der Waals surface area contributed by atoms with Gasteiger partial charge in [0.05, 0.1) is 6.61 Å². The molecule has 0 spiro atoms. The van der Waals surface area contributed by atoms with E-state index in [-0.39, 0.29) is 5.91 Å². The van der Waals surface area contributed by atoms with E-state index in [4.69, 9.17) is 4.74 Å². The van der Waals surface area contributed by atoms with Crippen LogP contribution in [0.1, 0.15) is 57.1 Å². The fraction of sp³-hybridized carbons (Fsp3) is 0.632. The van der Waals surface area contributed by atoms with Gasteiger partial charge >= 0.3 is 0 Å². The van der Waals surface area contributed by atoms with E-state index in [0.717, 1.165) is 36.1 Å². The number of amides is 1. The largest absolute Gasteiger partial charge is 0.493 e. The van der Waals surface area contributed by atoms with E-state index in [9.17, 15) is 4.79 Å². The van der Waals surface area contributed by atoms with Gasteiger partial charge < -0.3 is 10.1 Å². The molecule has 0 saturated heterocycles. The third kappa shape index (κ3) is 4.75. The van der Waals surface area contributed by atoms with Crippen LogP contribution in [0.15, 0.2) is 18.2 Å². The van der Waals surface area contributed by atoms with Crippen molar-refractivity contribution < 1.29 is 9.53 Å². The molecule has 1 atom stereocenters. The van der Waals surface area contributed by atoms with Crippen LogP contribution >= 0.6 is 0 Å². The Labute approximate surface area is 134 Å². The van der Waals surface area contributed by atoms with E-state index in [1.54, 1.807) is 0 Å². The molecule has 3 heteroatoms. The molecule has 1 N–H and O–H groups in total. The van der Waals surface area contributed by atoms with Crippen LogP contribution in [0.3, 0.4) is 0 Å². The quantitative estimate of drug-likeness (QED) is 0.801. The Hall–Kier alpha value is -1.51. The van der Waals surface area contributed by atoms with Gasteiger partial charge in [-0.15, -0.1) is 0 Å². The topological polar surface area (TPSA) is 38.3 Å². The van der Waals surface area contributed by atoms with Crippen LogP contribution in [0.4, 0.5) is 0 Å². The second-order valence-electron chi connectivity index (χ2n) is 7.34. The van der Waals surface area contributed by atoms with Gasteiger partial charge in [0.1, 0.15) is 5.75 Å². The van der Waals surface area contributed by atoms with Gasteiger partial charge in [-0.2, -0.15) is 0 Å². The minimum Gasteiger partial charge on any atom is -0.493 e. The molecule has 0 aromatic heterocycles. The summed E-state index contributed by atoms with van der Waals surface area (Å²) < 4.78 is 5.84. The van der Waals surface area contributed by atoms with Crippen molar-refractivity contribution >= 4 is 5.91 Å². The van der Waals surface area contributed by atoms with Crippen LogP contribution < -0.4 is 10.1 Å². The Morgan fingerprint density at radius 1 is 1.32 bits per heavy atom. The monoisotopic (exact) mass is 303 g/mol. The molecule has 1 unspecified atom stereocenters. The maximum Gasteiger partial charge on any atom is 0.220 e. The average molecular weight is 303 g/mol. The fourth-order valence-electron chi connectivity index (χ4n) is 3.29. The lowest BCUT2D eigenvalue weighted by atomic mass is 9.92. The van der Waals surface area contributed by atoms with Gasteiger partial charge in [-0.1, -0.05) is 32.0 Å². The van der Waals surface area contributed by atoms with Crippen LogP contribution in [-0.4, -0.2) is 18.6 Å². The lowest BCUT2D eigenvalue weighted by Gasteiger charge is -2.18. The summed E-state index contributed by atoms with van der Waals surface area (Å²) in [5, 5.41) is 3.16. The molecule has 22 heavy (non-hydrogen) atoms. The Balaban J connectivity index is 1.67. The van der Waals surface area contributed by atoms with Gasteiger partial charge in [-0.3, -0.25) is 4.79 Å². The summed E-state index contributed by atoms with van der Waals surface area (Å²) in [5.41, 5.74) is 2.68. The summed E-state index contributed by atoms with van der Waals surface area (Å²) in [6.45, 7) is 9.25. The van der Waals surface area contributed by atoms with Crippen molar-refractivity contribution in [1.29, 1.82) is 0 Å². The third-order valence-electron chi connectivity index (χ3n) is 4.54. The summed E-state index contributed by atoms with van der Waals surface area (Å²) in [6, 6.07) is 6.50. The summed E-state index contributed by atoms with van der Waals surface area (Å²) in [6.07, 6.45) is 4.71. The Kier molecular flexibility index (Phi) is 5.49. The predicted molar refractivity (Wildman–Crippen MR) is 90.2 cm³/mol. The van der Waals surface area contributed by atoms with Crippen molar-refractivity contribution in [1.82, 2.24) is 5.32 Å². The second kappa shape index (κ2) is 7.17. The van der Waals surface area contributed by atoms with Gasteiger partial charge in [0.25, 0.3) is 0 Å². The Bertz CT molecular complexity index is 502. The van der Waals surface area contributed by atoms with Crippen LogP contribution in [0.2, 0.25) is 0 Å². The first-order chi connectivity index (χ1) is 10.4. The Morgan fingerprint density at radius 3 is 2.59 bits per heavy atom. The van der Waals surface area contributed by atoms with Crippen molar-refractivity contribution in [2.75, 3.05) is 6.61 Å². The number of hydrogen-bond acceptors (Lipinski definition) is 2. The molecule has 122 valence electrons. The van der Waals surface area contributed by atoms with Crippen molar-refractivity contribution in [3.63, 3.8) is 0 Å². The molecule has 0 radical (unpaired) electrons. The van der Waals surface area contributed by atoms with Crippen LogP contribution in [0, 0.1) is 19.3 Å². The summed E-state index contributed by atoms with van der Waals surface area (Å²) in [4.78, 5) is 12.0. The van der Waals surface area contributed by atoms with Crippen molar-refractivity contribution in [2.45, 2.75) is 65.8 Å². The molecular formula is C19H29NO2. The van der Waals surface area contributed by atoms with Crippen molar-refractivity contribution in [3.05, 3.63) is 29.3 Å². The van der Waals surface area contributed by atoms with E-state index < -0.39 is 0 Å². The van der Waals surface area contributed by atoms with Crippen molar-refractivity contribution in [2.24, 2.45) is 5.41 Å². The summed E-state index contributed by atoms with van der Waals surface area (Å²) >= 11 is 0. The predicted octanol–water partition coefficient (Wildman–Crippen LogP) is 4.16. The molecule has 1 saturated carbocycles. The first-order valence-corrected chi connectivity index (χ1v) is 8.36. The second-order valence-corrected chi connectivity index (χ2v) is 7.34. The van der Waals surface area contributed by atoms with Gasteiger partial charge in [0, 0.05) is 12.5 Å². The summed E-state index contributed by atoms with van der Waals surface area (Å²) in [5.74, 6) is 1.12. The van der Waals surface area contributed by atoms with E-state index >= 15 is 0 Å². The Morgan fingerprint density at radius 2 is 2.00 bits per heavy atom. The number of rotatable bonds is 6. The molecule has 1 aliphatic rings. The summed E-state index contributed by atoms with van der Waals surface area (Å²) in [7, 11) is 0. The third-order valence-corrected chi connectivity index (χ3v) is 4.54. The van der Waals surface area contributed by atoms with Gasteiger partial charge in [0.2, 0.25) is 5.91 Å². The number of para-hydroxylation sites is 1. The zero-order valence-corrected chi connectivity index (χ0v) is 14.4. The average Bonchev–Trinajstić information content (AvgIpc) is 2.76. The lowest BCUT2D eigenvalue weighted by molar-refractivity contribution is -0.122. The minimum atomic E-state index is 0.160. The van der Waals surface area contributed by atoms with E-state index in [1.165, 1.54) is 6.42 Å². The number of ether oxygens (including phenoxy) is 1. The molecule has 1 aromatic rings. The highest BCUT2D eigenvalue weighted by atomic mass is 16.5. The molecule has 3 nitrogen and oxygen atoms in total. The maximum absolute atomic E-state index is 12.0. The number of aryl methyl sites for hydroxylation is 2. The highest BCUT2D eigenvalue weighted by Crippen LogP contribution is 2.36. The van der Waals surface area contributed by atoms with E-state index in [2.05, 4.69) is 45.1 Å². The molecule has 1 aromatic carbocycles. The highest BCUT2D eigenvalue weighted by Gasteiger charge is 2.31. The standard InChI is InChI=1S/C19H29NO2/c1-14-7-5-8-15(2)18(14)22-12-6-9-17(21)20-16-10-11-19(3,4)13-16/h5,7-8,16H,6,9-13H2,1-4H3,(H,20,21). The smallest absolute Gasteiger partial charge is 0.220 e. The zero-order chi connectivity index (χ0) is 16.2. The molecule has 0 aliphatic heterocycles. The molecule has 1 aliphatic carbocycles. The maximum atomic E-state index is 12.0. The number of carbonyl (C=O) groups excluding carboxylic acids is 1. The minimum absolute atomic E-state index is 0.160. The van der Waals surface area contributed by atoms with Gasteiger partial charge in [-0.05, 0) is 56.1 Å². The van der Waals surface area contributed by atoms with Gasteiger partial charge in [-0.25, -0.2) is 0 Å². The van der Waals surface area contributed by atoms with Gasteiger partial charge in [0.15, 0.2) is 0 Å². The number of hydrogen-bond donors (Lipinski definition) is 1. The SMILES string of the molecule is Cc1cccc(C)c1OCCCC(=O)NC1CCC(C)(C)C1. The molecule has 0 bridgehead atoms. The molecule has 2 rings (SSSR count). The van der Waals surface area contributed by atoms with Crippen LogP contribution in [0.5, 0.6) is 5.75 Å². The fourth-order valence-corrected chi connectivity index (χ4v) is 3.29. The van der Waals surface area contributed by atoms with E-state index in [1.807, 2.05) is 6.07 Å². The first kappa shape index (κ1) is 16.9. The molecule has 1 amide bonds. The van der Waals surface area contributed by atoms with Crippen LogP contribution in [-0.2, 0) is 4.79 Å². The highest BCUT2D eigenvalue weighted by molar-refractivity contribution is 5.76. The van der Waals surface area contributed by atoms with E-state index in [0.29, 0.717) is 24.5 Å². The lowest BCUT2D eigenvalue weighted by Crippen LogP contribution is -2.33. The first-order valence-electron chi connectivity index (χ1n) is 8.36. The molecule has 1 fully saturated rings. The number of benzene rings is 1. The number of nitrogens with one attached hydrogen (secondary N) is 1.